The van der Waals surface area contributed by atoms with Crippen LogP contribution in [-0.4, -0.2) is 35.9 Å². The van der Waals surface area contributed by atoms with Crippen LogP contribution in [0.5, 0.6) is 5.75 Å². The molecular weight excluding hydrogens is 292 g/mol. The minimum absolute atomic E-state index is 0.0838. The van der Waals surface area contributed by atoms with Crippen LogP contribution in [0.2, 0.25) is 0 Å². The number of aryl methyl sites for hydroxylation is 2. The zero-order chi connectivity index (χ0) is 16.4. The first-order valence-electron chi connectivity index (χ1n) is 8.35. The van der Waals surface area contributed by atoms with E-state index < -0.39 is 0 Å². The second-order valence-corrected chi connectivity index (χ2v) is 6.53. The predicted molar refractivity (Wildman–Crippen MR) is 87.2 cm³/mol. The van der Waals surface area contributed by atoms with Crippen molar-refractivity contribution in [1.29, 1.82) is 0 Å². The van der Waals surface area contributed by atoms with E-state index in [4.69, 9.17) is 4.74 Å². The Morgan fingerprint density at radius 1 is 1.22 bits per heavy atom. The van der Waals surface area contributed by atoms with Crippen LogP contribution in [-0.2, 0) is 16.1 Å². The second-order valence-electron chi connectivity index (χ2n) is 6.53. The van der Waals surface area contributed by atoms with Crippen LogP contribution in [0.4, 0.5) is 0 Å². The molecule has 124 valence electrons. The molecule has 5 heteroatoms. The van der Waals surface area contributed by atoms with Crippen LogP contribution in [0.25, 0.3) is 0 Å². The summed E-state index contributed by atoms with van der Waals surface area (Å²) in [4.78, 5) is 25.2. The summed E-state index contributed by atoms with van der Waals surface area (Å²) in [5.41, 5.74) is 3.10. The lowest BCUT2D eigenvalue weighted by Crippen LogP contribution is -2.37. The molecule has 1 unspecified atom stereocenters. The number of rotatable bonds is 4. The highest BCUT2D eigenvalue weighted by molar-refractivity contribution is 6.01. The quantitative estimate of drug-likeness (QED) is 0.864. The smallest absolute Gasteiger partial charge is 0.230 e. The lowest BCUT2D eigenvalue weighted by molar-refractivity contribution is -0.139. The molecule has 1 aromatic rings. The molecule has 1 N–H and O–H groups in total. The summed E-state index contributed by atoms with van der Waals surface area (Å²) in [5, 5.41) is 3.35. The van der Waals surface area contributed by atoms with Crippen molar-refractivity contribution < 1.29 is 14.3 Å². The van der Waals surface area contributed by atoms with Crippen molar-refractivity contribution >= 4 is 11.8 Å². The van der Waals surface area contributed by atoms with E-state index in [-0.39, 0.29) is 17.9 Å². The van der Waals surface area contributed by atoms with E-state index in [9.17, 15) is 9.59 Å². The van der Waals surface area contributed by atoms with E-state index in [1.165, 1.54) is 4.90 Å². The van der Waals surface area contributed by atoms with Gasteiger partial charge in [-0.05, 0) is 38.8 Å². The Morgan fingerprint density at radius 2 is 1.96 bits per heavy atom. The van der Waals surface area contributed by atoms with Gasteiger partial charge in [0.05, 0.1) is 6.54 Å². The lowest BCUT2D eigenvalue weighted by Gasteiger charge is -2.27. The molecule has 23 heavy (non-hydrogen) atoms. The number of amides is 2. The molecule has 2 fully saturated rings. The third-order valence-corrected chi connectivity index (χ3v) is 4.52. The van der Waals surface area contributed by atoms with E-state index in [0.717, 1.165) is 48.4 Å². The molecule has 0 bridgehead atoms. The fourth-order valence-corrected chi connectivity index (χ4v) is 3.39. The van der Waals surface area contributed by atoms with Crippen molar-refractivity contribution in [3.05, 3.63) is 28.8 Å². The van der Waals surface area contributed by atoms with Gasteiger partial charge in [0.1, 0.15) is 11.9 Å². The predicted octanol–water partition coefficient (Wildman–Crippen LogP) is 2.08. The van der Waals surface area contributed by atoms with Gasteiger partial charge in [-0.15, -0.1) is 0 Å². The Balaban J connectivity index is 1.85. The minimum atomic E-state index is -0.0838. The standard InChI is InChI=1S/C18H24N2O3/c1-12-8-13(2)18(23-15-4-3-7-19-10-15)14(9-12)11-20-16(21)5-6-17(20)22/h8-9,15,19H,3-7,10-11H2,1-2H3. The zero-order valence-corrected chi connectivity index (χ0v) is 13.9. The molecule has 0 spiro atoms. The van der Waals surface area contributed by atoms with Gasteiger partial charge >= 0.3 is 0 Å². The van der Waals surface area contributed by atoms with E-state index in [1.807, 2.05) is 19.9 Å². The molecule has 2 saturated heterocycles. The van der Waals surface area contributed by atoms with Crippen molar-refractivity contribution in [3.63, 3.8) is 0 Å². The van der Waals surface area contributed by atoms with Crippen molar-refractivity contribution in [1.82, 2.24) is 10.2 Å². The maximum Gasteiger partial charge on any atom is 0.230 e. The Hall–Kier alpha value is -1.88. The first-order chi connectivity index (χ1) is 11.0. The highest BCUT2D eigenvalue weighted by Crippen LogP contribution is 2.30. The number of carbonyl (C=O) groups excluding carboxylic acids is 2. The van der Waals surface area contributed by atoms with Crippen molar-refractivity contribution in [2.45, 2.75) is 52.2 Å². The Labute approximate surface area is 137 Å². The molecule has 0 aromatic heterocycles. The normalized spacial score (nSPS) is 21.8. The summed E-state index contributed by atoms with van der Waals surface area (Å²) < 4.78 is 6.24. The number of piperidine rings is 1. The first-order valence-corrected chi connectivity index (χ1v) is 8.35. The van der Waals surface area contributed by atoms with Crippen LogP contribution in [0.1, 0.15) is 42.4 Å². The fourth-order valence-electron chi connectivity index (χ4n) is 3.39. The summed E-state index contributed by atoms with van der Waals surface area (Å²) >= 11 is 0. The number of benzene rings is 1. The van der Waals surface area contributed by atoms with Crippen LogP contribution >= 0.6 is 0 Å². The SMILES string of the molecule is Cc1cc(C)c(OC2CCCNC2)c(CN2C(=O)CCC2=O)c1. The van der Waals surface area contributed by atoms with Gasteiger partial charge in [0.25, 0.3) is 0 Å². The zero-order valence-electron chi connectivity index (χ0n) is 13.9. The first kappa shape index (κ1) is 16.0. The summed E-state index contributed by atoms with van der Waals surface area (Å²) in [5.74, 6) is 0.663. The average Bonchev–Trinajstić information content (AvgIpc) is 2.83. The van der Waals surface area contributed by atoms with Gasteiger partial charge < -0.3 is 10.1 Å². The Morgan fingerprint density at radius 3 is 2.61 bits per heavy atom. The number of carbonyl (C=O) groups is 2. The van der Waals surface area contributed by atoms with Crippen molar-refractivity contribution in [2.75, 3.05) is 13.1 Å². The molecule has 0 saturated carbocycles. The van der Waals surface area contributed by atoms with Crippen LogP contribution in [0.15, 0.2) is 12.1 Å². The summed E-state index contributed by atoms with van der Waals surface area (Å²) in [6, 6.07) is 4.11. The van der Waals surface area contributed by atoms with Crippen molar-refractivity contribution in [2.24, 2.45) is 0 Å². The number of likely N-dealkylation sites (tertiary alicyclic amines) is 1. The molecule has 1 aromatic carbocycles. The molecule has 2 aliphatic rings. The number of ether oxygens (including phenoxy) is 1. The van der Waals surface area contributed by atoms with Gasteiger partial charge in [-0.25, -0.2) is 0 Å². The molecule has 0 radical (unpaired) electrons. The Kier molecular flexibility index (Phi) is 4.66. The van der Waals surface area contributed by atoms with E-state index in [1.54, 1.807) is 0 Å². The van der Waals surface area contributed by atoms with Gasteiger partial charge in [-0.2, -0.15) is 0 Å². The molecule has 3 rings (SSSR count). The van der Waals surface area contributed by atoms with Crippen LogP contribution in [0, 0.1) is 13.8 Å². The summed E-state index contributed by atoms with van der Waals surface area (Å²) in [6.45, 7) is 6.24. The van der Waals surface area contributed by atoms with Gasteiger partial charge in [0.15, 0.2) is 0 Å². The molecule has 2 aliphatic heterocycles. The van der Waals surface area contributed by atoms with Crippen LogP contribution in [0.3, 0.4) is 0 Å². The molecule has 1 atom stereocenters. The van der Waals surface area contributed by atoms with Crippen molar-refractivity contribution in [3.8, 4) is 5.75 Å². The minimum Gasteiger partial charge on any atom is -0.488 e. The summed E-state index contributed by atoms with van der Waals surface area (Å²) in [7, 11) is 0. The average molecular weight is 316 g/mol. The topological polar surface area (TPSA) is 58.6 Å². The van der Waals surface area contributed by atoms with E-state index in [0.29, 0.717) is 19.4 Å². The second kappa shape index (κ2) is 6.71. The number of nitrogens with zero attached hydrogens (tertiary/aromatic N) is 1. The highest BCUT2D eigenvalue weighted by Gasteiger charge is 2.30. The number of nitrogens with one attached hydrogen (secondary N) is 1. The molecule has 2 amide bonds. The third-order valence-electron chi connectivity index (χ3n) is 4.52. The summed E-state index contributed by atoms with van der Waals surface area (Å²) in [6.07, 6.45) is 2.93. The molecule has 5 nitrogen and oxygen atoms in total. The maximum atomic E-state index is 11.9. The Bertz CT molecular complexity index is 605. The molecule has 0 aliphatic carbocycles. The van der Waals surface area contributed by atoms with Gasteiger partial charge in [0.2, 0.25) is 11.8 Å². The van der Waals surface area contributed by atoms with E-state index in [2.05, 4.69) is 11.4 Å². The highest BCUT2D eigenvalue weighted by atomic mass is 16.5. The van der Waals surface area contributed by atoms with Gasteiger partial charge in [-0.1, -0.05) is 17.7 Å². The van der Waals surface area contributed by atoms with Gasteiger partial charge in [0, 0.05) is 24.9 Å². The third kappa shape index (κ3) is 3.55. The molecule has 2 heterocycles. The lowest BCUT2D eigenvalue weighted by atomic mass is 10.0. The number of hydrogen-bond donors (Lipinski definition) is 1. The maximum absolute atomic E-state index is 11.9. The van der Waals surface area contributed by atoms with Crippen LogP contribution < -0.4 is 10.1 Å². The largest absolute Gasteiger partial charge is 0.488 e. The fraction of sp³-hybridized carbons (Fsp3) is 0.556. The van der Waals surface area contributed by atoms with Gasteiger partial charge in [-0.3, -0.25) is 14.5 Å². The monoisotopic (exact) mass is 316 g/mol. The number of imide groups is 1. The van der Waals surface area contributed by atoms with E-state index >= 15 is 0 Å². The molecular formula is C18H24N2O3. The number of hydrogen-bond acceptors (Lipinski definition) is 4.